The number of fused-ring (bicyclic) bond motifs is 1. The zero-order valence-electron chi connectivity index (χ0n) is 21.9. The average Bonchev–Trinajstić information content (AvgIpc) is 3.70. The maximum atomic E-state index is 13.2. The lowest BCUT2D eigenvalue weighted by Crippen LogP contribution is -2.28. The van der Waals surface area contributed by atoms with Gasteiger partial charge in [-0.15, -0.1) is 0 Å². The molecule has 1 aliphatic rings. The van der Waals surface area contributed by atoms with Gasteiger partial charge in [0, 0.05) is 54.3 Å². The van der Waals surface area contributed by atoms with Crippen LogP contribution in [-0.4, -0.2) is 45.4 Å². The molecule has 38 heavy (non-hydrogen) atoms. The van der Waals surface area contributed by atoms with Gasteiger partial charge in [0.2, 0.25) is 0 Å². The third kappa shape index (κ3) is 4.67. The second-order valence-corrected chi connectivity index (χ2v) is 10.1. The fraction of sp³-hybridized carbons (Fsp3) is 0.258. The van der Waals surface area contributed by atoms with Gasteiger partial charge in [0.25, 0.3) is 5.91 Å². The van der Waals surface area contributed by atoms with E-state index in [1.807, 2.05) is 62.5 Å². The van der Waals surface area contributed by atoms with E-state index < -0.39 is 5.97 Å². The van der Waals surface area contributed by atoms with E-state index in [1.165, 1.54) is 0 Å². The topological polar surface area (TPSA) is 112 Å². The number of nitrogen functional groups attached to an aromatic ring is 1. The van der Waals surface area contributed by atoms with E-state index in [2.05, 4.69) is 17.7 Å². The van der Waals surface area contributed by atoms with Gasteiger partial charge < -0.3 is 20.3 Å². The normalized spacial score (nSPS) is 13.0. The van der Waals surface area contributed by atoms with Crippen LogP contribution in [0.1, 0.15) is 62.7 Å². The van der Waals surface area contributed by atoms with Crippen molar-refractivity contribution < 1.29 is 14.7 Å². The highest BCUT2D eigenvalue weighted by Crippen LogP contribution is 2.34. The number of nitrogens with two attached hydrogens (primary N) is 1. The van der Waals surface area contributed by atoms with Crippen molar-refractivity contribution in [2.45, 2.75) is 45.7 Å². The number of carbonyl (C=O) groups excluding carboxylic acids is 1. The summed E-state index contributed by atoms with van der Waals surface area (Å²) in [7, 11) is 1.83. The standard InChI is InChI=1S/C31H32N4O3/c1-4-35-17-22(24-12-8-20(29(32)33)16-28(24)35)14-19-6-7-21(30(36)34(3)23-9-10-23)15-26(19)25-11-5-18(2)13-27(25)31(37)38/h5-8,11-13,15-17,23H,4,9-10,14H2,1-3H3,(H3,32,33)(H,37,38). The van der Waals surface area contributed by atoms with Gasteiger partial charge in [-0.1, -0.05) is 35.9 Å². The zero-order valence-corrected chi connectivity index (χ0v) is 21.9. The van der Waals surface area contributed by atoms with Crippen LogP contribution in [0.4, 0.5) is 0 Å². The molecule has 0 saturated heterocycles. The Morgan fingerprint density at radius 1 is 1.03 bits per heavy atom. The Morgan fingerprint density at radius 2 is 1.76 bits per heavy atom. The number of aryl methyl sites for hydroxylation is 2. The molecule has 1 fully saturated rings. The van der Waals surface area contributed by atoms with Gasteiger partial charge in [-0.2, -0.15) is 0 Å². The minimum absolute atomic E-state index is 0.0246. The maximum absolute atomic E-state index is 13.2. The van der Waals surface area contributed by atoms with E-state index in [0.717, 1.165) is 52.5 Å². The van der Waals surface area contributed by atoms with E-state index in [4.69, 9.17) is 11.1 Å². The molecule has 0 spiro atoms. The number of amidine groups is 1. The van der Waals surface area contributed by atoms with Crippen molar-refractivity contribution in [2.75, 3.05) is 7.05 Å². The number of carboxylic acids is 1. The first-order valence-electron chi connectivity index (χ1n) is 12.9. The molecular weight excluding hydrogens is 476 g/mol. The number of nitrogens with zero attached hydrogens (tertiary/aromatic N) is 2. The lowest BCUT2D eigenvalue weighted by molar-refractivity contribution is 0.0697. The lowest BCUT2D eigenvalue weighted by Gasteiger charge is -2.19. The fourth-order valence-corrected chi connectivity index (χ4v) is 5.16. The highest BCUT2D eigenvalue weighted by atomic mass is 16.4. The molecule has 1 heterocycles. The molecule has 0 radical (unpaired) electrons. The highest BCUT2D eigenvalue weighted by molar-refractivity contribution is 6.01. The molecule has 3 aromatic carbocycles. The number of rotatable bonds is 8. The quantitative estimate of drug-likeness (QED) is 0.217. The summed E-state index contributed by atoms with van der Waals surface area (Å²) < 4.78 is 2.13. The van der Waals surface area contributed by atoms with Gasteiger partial charge in [0.1, 0.15) is 5.84 Å². The highest BCUT2D eigenvalue weighted by Gasteiger charge is 2.30. The van der Waals surface area contributed by atoms with Crippen LogP contribution in [0.5, 0.6) is 0 Å². The molecule has 194 valence electrons. The molecular formula is C31H32N4O3. The molecule has 0 atom stereocenters. The molecule has 0 bridgehead atoms. The number of amides is 1. The van der Waals surface area contributed by atoms with E-state index >= 15 is 0 Å². The Kier molecular flexibility index (Phi) is 6.53. The predicted molar refractivity (Wildman–Crippen MR) is 150 cm³/mol. The molecule has 1 aromatic heterocycles. The summed E-state index contributed by atoms with van der Waals surface area (Å²) in [5.74, 6) is -1.03. The van der Waals surface area contributed by atoms with Crippen molar-refractivity contribution in [3.05, 3.63) is 94.2 Å². The molecule has 1 saturated carbocycles. The Hall–Kier alpha value is -4.39. The van der Waals surface area contributed by atoms with E-state index in [-0.39, 0.29) is 23.3 Å². The van der Waals surface area contributed by atoms with Gasteiger partial charge in [0.15, 0.2) is 0 Å². The monoisotopic (exact) mass is 508 g/mol. The van der Waals surface area contributed by atoms with Gasteiger partial charge in [-0.05, 0) is 73.2 Å². The molecule has 0 unspecified atom stereocenters. The SMILES string of the molecule is CCn1cc(Cc2ccc(C(=O)N(C)C3CC3)cc2-c2ccc(C)cc2C(=O)O)c2ccc(C(=N)N)cc21. The van der Waals surface area contributed by atoms with Gasteiger partial charge in [-0.3, -0.25) is 10.2 Å². The Morgan fingerprint density at radius 3 is 2.42 bits per heavy atom. The average molecular weight is 509 g/mol. The number of benzene rings is 3. The second-order valence-electron chi connectivity index (χ2n) is 10.1. The van der Waals surface area contributed by atoms with E-state index in [1.54, 1.807) is 11.0 Å². The van der Waals surface area contributed by atoms with Crippen molar-refractivity contribution in [2.24, 2.45) is 5.73 Å². The number of hydrogen-bond donors (Lipinski definition) is 3. The van der Waals surface area contributed by atoms with Gasteiger partial charge in [-0.25, -0.2) is 4.79 Å². The van der Waals surface area contributed by atoms with Crippen LogP contribution >= 0.6 is 0 Å². The van der Waals surface area contributed by atoms with Crippen molar-refractivity contribution in [1.82, 2.24) is 9.47 Å². The molecule has 1 amide bonds. The molecule has 5 rings (SSSR count). The third-order valence-electron chi connectivity index (χ3n) is 7.46. The molecule has 1 aliphatic carbocycles. The van der Waals surface area contributed by atoms with Crippen molar-refractivity contribution in [3.63, 3.8) is 0 Å². The summed E-state index contributed by atoms with van der Waals surface area (Å²) in [4.78, 5) is 27.3. The van der Waals surface area contributed by atoms with Crippen LogP contribution in [0.3, 0.4) is 0 Å². The van der Waals surface area contributed by atoms with Crippen LogP contribution in [0, 0.1) is 12.3 Å². The number of carbonyl (C=O) groups is 2. The minimum Gasteiger partial charge on any atom is -0.478 e. The van der Waals surface area contributed by atoms with Gasteiger partial charge in [0.05, 0.1) is 5.56 Å². The molecule has 4 N–H and O–H groups in total. The summed E-state index contributed by atoms with van der Waals surface area (Å²) in [6.45, 7) is 4.70. The number of carboxylic acid groups (broad SMARTS) is 1. The first-order chi connectivity index (χ1) is 18.2. The second kappa shape index (κ2) is 9.82. The zero-order chi connectivity index (χ0) is 27.1. The number of nitrogens with one attached hydrogen (secondary N) is 1. The molecule has 7 nitrogen and oxygen atoms in total. The first kappa shape index (κ1) is 25.3. The number of aromatic carboxylic acids is 1. The Labute approximate surface area is 222 Å². The first-order valence-corrected chi connectivity index (χ1v) is 12.9. The maximum Gasteiger partial charge on any atom is 0.336 e. The Bertz CT molecular complexity index is 1600. The number of aromatic nitrogens is 1. The summed E-state index contributed by atoms with van der Waals surface area (Å²) in [6.07, 6.45) is 4.69. The van der Waals surface area contributed by atoms with E-state index in [0.29, 0.717) is 23.1 Å². The van der Waals surface area contributed by atoms with Crippen molar-refractivity contribution in [3.8, 4) is 11.1 Å². The smallest absolute Gasteiger partial charge is 0.336 e. The van der Waals surface area contributed by atoms with Crippen molar-refractivity contribution in [1.29, 1.82) is 5.41 Å². The van der Waals surface area contributed by atoms with E-state index in [9.17, 15) is 14.7 Å². The predicted octanol–water partition coefficient (Wildman–Crippen LogP) is 5.44. The molecule has 7 heteroatoms. The van der Waals surface area contributed by atoms with Crippen LogP contribution in [0.25, 0.3) is 22.0 Å². The fourth-order valence-electron chi connectivity index (χ4n) is 5.16. The minimum atomic E-state index is -0.999. The lowest BCUT2D eigenvalue weighted by atomic mass is 9.89. The Balaban J connectivity index is 1.65. The summed E-state index contributed by atoms with van der Waals surface area (Å²) in [5, 5.41) is 18.9. The van der Waals surface area contributed by atoms with Crippen LogP contribution in [0.15, 0.2) is 60.8 Å². The summed E-state index contributed by atoms with van der Waals surface area (Å²) in [5.41, 5.74) is 12.4. The van der Waals surface area contributed by atoms with Crippen LogP contribution in [-0.2, 0) is 13.0 Å². The molecule has 4 aromatic rings. The largest absolute Gasteiger partial charge is 0.478 e. The van der Waals surface area contributed by atoms with Crippen LogP contribution < -0.4 is 5.73 Å². The third-order valence-corrected chi connectivity index (χ3v) is 7.46. The summed E-state index contributed by atoms with van der Waals surface area (Å²) in [6, 6.07) is 17.1. The summed E-state index contributed by atoms with van der Waals surface area (Å²) >= 11 is 0. The molecule has 0 aliphatic heterocycles. The van der Waals surface area contributed by atoms with Gasteiger partial charge >= 0.3 is 5.97 Å². The van der Waals surface area contributed by atoms with Crippen molar-refractivity contribution >= 4 is 28.6 Å². The van der Waals surface area contributed by atoms with Crippen LogP contribution in [0.2, 0.25) is 0 Å². The number of hydrogen-bond acceptors (Lipinski definition) is 3.